The van der Waals surface area contributed by atoms with E-state index >= 15 is 0 Å². The van der Waals surface area contributed by atoms with Crippen molar-refractivity contribution in [3.63, 3.8) is 0 Å². The van der Waals surface area contributed by atoms with Crippen LogP contribution >= 0.6 is 0 Å². The van der Waals surface area contributed by atoms with Crippen LogP contribution in [0.4, 0.5) is 5.69 Å². The highest BCUT2D eigenvalue weighted by Crippen LogP contribution is 2.13. The second-order valence-electron chi connectivity index (χ2n) is 4.91. The highest BCUT2D eigenvalue weighted by Gasteiger charge is 2.06. The van der Waals surface area contributed by atoms with Crippen LogP contribution in [-0.4, -0.2) is 17.1 Å². The van der Waals surface area contributed by atoms with Gasteiger partial charge in [0.05, 0.1) is 12.2 Å². The summed E-state index contributed by atoms with van der Waals surface area (Å²) in [6, 6.07) is 9.50. The molecular weight excluding hydrogens is 264 g/mol. The molecule has 0 saturated heterocycles. The second kappa shape index (κ2) is 7.53. The summed E-state index contributed by atoms with van der Waals surface area (Å²) in [6.45, 7) is 6.14. The second-order valence-corrected chi connectivity index (χ2v) is 4.91. The molecule has 0 spiro atoms. The Morgan fingerprint density at radius 3 is 2.90 bits per heavy atom. The lowest BCUT2D eigenvalue weighted by molar-refractivity contribution is 0.0526. The van der Waals surface area contributed by atoms with Gasteiger partial charge in [0, 0.05) is 31.2 Å². The molecule has 4 nitrogen and oxygen atoms in total. The van der Waals surface area contributed by atoms with Crippen LogP contribution < -0.4 is 5.32 Å². The zero-order chi connectivity index (χ0) is 15.1. The summed E-state index contributed by atoms with van der Waals surface area (Å²) < 4.78 is 7.19. The smallest absolute Gasteiger partial charge is 0.338 e. The predicted molar refractivity (Wildman–Crippen MR) is 84.4 cm³/mol. The molecule has 0 unspecified atom stereocenters. The molecule has 1 N–H and O–H groups in total. The first-order valence-electron chi connectivity index (χ1n) is 7.38. The Kier molecular flexibility index (Phi) is 5.43. The minimum absolute atomic E-state index is 0.282. The van der Waals surface area contributed by atoms with E-state index in [9.17, 15) is 4.79 Å². The van der Waals surface area contributed by atoms with Crippen LogP contribution in [0.1, 0.15) is 36.2 Å². The molecule has 0 atom stereocenters. The van der Waals surface area contributed by atoms with Crippen molar-refractivity contribution in [3.05, 3.63) is 53.9 Å². The maximum atomic E-state index is 11.7. The standard InChI is InChI=1S/C17H22N2O2/c1-3-9-19-10-8-14(13-19)12-18-16-7-5-6-15(11-16)17(20)21-4-2/h5-8,10-11,13,18H,3-4,9,12H2,1-2H3. The number of aryl methyl sites for hydroxylation is 1. The number of hydrogen-bond acceptors (Lipinski definition) is 3. The average molecular weight is 286 g/mol. The van der Waals surface area contributed by atoms with E-state index in [0.717, 1.165) is 25.2 Å². The highest BCUT2D eigenvalue weighted by atomic mass is 16.5. The number of rotatable bonds is 7. The normalized spacial score (nSPS) is 10.4. The van der Waals surface area contributed by atoms with Crippen LogP contribution in [0.15, 0.2) is 42.7 Å². The van der Waals surface area contributed by atoms with Crippen molar-refractivity contribution in [2.45, 2.75) is 33.4 Å². The van der Waals surface area contributed by atoms with E-state index in [4.69, 9.17) is 4.74 Å². The van der Waals surface area contributed by atoms with Crippen molar-refractivity contribution < 1.29 is 9.53 Å². The minimum Gasteiger partial charge on any atom is -0.462 e. The summed E-state index contributed by atoms with van der Waals surface area (Å²) in [4.78, 5) is 11.7. The van der Waals surface area contributed by atoms with Crippen LogP contribution in [0.3, 0.4) is 0 Å². The lowest BCUT2D eigenvalue weighted by Crippen LogP contribution is -2.05. The van der Waals surface area contributed by atoms with Crippen molar-refractivity contribution >= 4 is 11.7 Å². The molecule has 1 heterocycles. The maximum absolute atomic E-state index is 11.7. The summed E-state index contributed by atoms with van der Waals surface area (Å²) in [5, 5.41) is 3.33. The van der Waals surface area contributed by atoms with Crippen LogP contribution in [0, 0.1) is 0 Å². The zero-order valence-corrected chi connectivity index (χ0v) is 12.6. The molecule has 0 radical (unpaired) electrons. The summed E-state index contributed by atoms with van der Waals surface area (Å²) in [6.07, 6.45) is 5.37. The lowest BCUT2D eigenvalue weighted by Gasteiger charge is -2.07. The molecule has 0 aliphatic heterocycles. The van der Waals surface area contributed by atoms with E-state index in [1.807, 2.05) is 18.2 Å². The third-order valence-corrected chi connectivity index (χ3v) is 3.16. The van der Waals surface area contributed by atoms with Gasteiger partial charge in [-0.1, -0.05) is 13.0 Å². The molecule has 0 aliphatic carbocycles. The van der Waals surface area contributed by atoms with Gasteiger partial charge in [0.15, 0.2) is 0 Å². The third kappa shape index (κ3) is 4.38. The number of esters is 1. The van der Waals surface area contributed by atoms with E-state index in [1.165, 1.54) is 5.56 Å². The van der Waals surface area contributed by atoms with Crippen molar-refractivity contribution in [2.24, 2.45) is 0 Å². The Hall–Kier alpha value is -2.23. The molecule has 21 heavy (non-hydrogen) atoms. The molecule has 2 aromatic rings. The van der Waals surface area contributed by atoms with Crippen LogP contribution in [0.2, 0.25) is 0 Å². The Bertz CT molecular complexity index is 590. The molecule has 1 aromatic heterocycles. The van der Waals surface area contributed by atoms with Gasteiger partial charge >= 0.3 is 5.97 Å². The maximum Gasteiger partial charge on any atom is 0.338 e. The van der Waals surface area contributed by atoms with E-state index in [1.54, 1.807) is 13.0 Å². The molecule has 4 heteroatoms. The molecule has 112 valence electrons. The fourth-order valence-electron chi connectivity index (χ4n) is 2.17. The Labute approximate surface area is 125 Å². The van der Waals surface area contributed by atoms with Gasteiger partial charge in [-0.25, -0.2) is 4.79 Å². The van der Waals surface area contributed by atoms with Gasteiger partial charge in [-0.3, -0.25) is 0 Å². The largest absolute Gasteiger partial charge is 0.462 e. The van der Waals surface area contributed by atoms with Crippen LogP contribution in [0.5, 0.6) is 0 Å². The summed E-state index contributed by atoms with van der Waals surface area (Å²) >= 11 is 0. The van der Waals surface area contributed by atoms with Crippen molar-refractivity contribution in [2.75, 3.05) is 11.9 Å². The zero-order valence-electron chi connectivity index (χ0n) is 12.6. The number of benzene rings is 1. The fourth-order valence-corrected chi connectivity index (χ4v) is 2.17. The molecule has 0 bridgehead atoms. The summed E-state index contributed by atoms with van der Waals surface area (Å²) in [5.41, 5.74) is 2.72. The number of carbonyl (C=O) groups is 1. The van der Waals surface area contributed by atoms with E-state index in [0.29, 0.717) is 12.2 Å². The van der Waals surface area contributed by atoms with Gasteiger partial charge in [-0.2, -0.15) is 0 Å². The molecule has 0 aliphatic rings. The van der Waals surface area contributed by atoms with Crippen molar-refractivity contribution in [1.29, 1.82) is 0 Å². The molecule has 0 fully saturated rings. The van der Waals surface area contributed by atoms with Gasteiger partial charge in [-0.15, -0.1) is 0 Å². The van der Waals surface area contributed by atoms with Gasteiger partial charge in [0.1, 0.15) is 0 Å². The van der Waals surface area contributed by atoms with Gasteiger partial charge in [-0.05, 0) is 43.2 Å². The first kappa shape index (κ1) is 15.2. The minimum atomic E-state index is -0.282. The topological polar surface area (TPSA) is 43.3 Å². The molecule has 1 aromatic carbocycles. The predicted octanol–water partition coefficient (Wildman–Crippen LogP) is 3.69. The van der Waals surface area contributed by atoms with E-state index in [-0.39, 0.29) is 5.97 Å². The van der Waals surface area contributed by atoms with Crippen molar-refractivity contribution in [3.8, 4) is 0 Å². The quantitative estimate of drug-likeness (QED) is 0.789. The molecular formula is C17H22N2O2. The number of aromatic nitrogens is 1. The first-order chi connectivity index (χ1) is 10.2. The van der Waals surface area contributed by atoms with E-state index < -0.39 is 0 Å². The van der Waals surface area contributed by atoms with Gasteiger partial charge < -0.3 is 14.6 Å². The Morgan fingerprint density at radius 1 is 1.29 bits per heavy atom. The fraction of sp³-hybridized carbons (Fsp3) is 0.353. The Morgan fingerprint density at radius 2 is 2.14 bits per heavy atom. The van der Waals surface area contributed by atoms with Crippen molar-refractivity contribution in [1.82, 2.24) is 4.57 Å². The average Bonchev–Trinajstić information content (AvgIpc) is 2.94. The number of nitrogens with zero attached hydrogens (tertiary/aromatic N) is 1. The number of ether oxygens (including phenoxy) is 1. The highest BCUT2D eigenvalue weighted by molar-refractivity contribution is 5.90. The number of hydrogen-bond donors (Lipinski definition) is 1. The van der Waals surface area contributed by atoms with Gasteiger partial charge in [0.2, 0.25) is 0 Å². The number of carbonyl (C=O) groups excluding carboxylic acids is 1. The Balaban J connectivity index is 1.96. The number of anilines is 1. The number of nitrogens with one attached hydrogen (secondary N) is 1. The third-order valence-electron chi connectivity index (χ3n) is 3.16. The SMILES string of the molecule is CCCn1ccc(CNc2cccc(C(=O)OCC)c2)c1. The van der Waals surface area contributed by atoms with Crippen LogP contribution in [0.25, 0.3) is 0 Å². The monoisotopic (exact) mass is 286 g/mol. The van der Waals surface area contributed by atoms with Crippen LogP contribution in [-0.2, 0) is 17.8 Å². The molecule has 0 saturated carbocycles. The van der Waals surface area contributed by atoms with Gasteiger partial charge in [0.25, 0.3) is 0 Å². The first-order valence-corrected chi connectivity index (χ1v) is 7.38. The van der Waals surface area contributed by atoms with E-state index in [2.05, 4.69) is 35.3 Å². The molecule has 0 amide bonds. The molecule has 2 rings (SSSR count). The summed E-state index contributed by atoms with van der Waals surface area (Å²) in [5.74, 6) is -0.282. The lowest BCUT2D eigenvalue weighted by atomic mass is 10.2. The summed E-state index contributed by atoms with van der Waals surface area (Å²) in [7, 11) is 0.